The molecule has 1 aliphatic heterocycles. The average Bonchev–Trinajstić information content (AvgIpc) is 3.14. The van der Waals surface area contributed by atoms with Gasteiger partial charge in [-0.1, -0.05) is 72.8 Å². The minimum Gasteiger partial charge on any atom is -0.364 e. The molecule has 4 heteroatoms. The van der Waals surface area contributed by atoms with Crippen LogP contribution in [0.3, 0.4) is 0 Å². The topological polar surface area (TPSA) is 65.1 Å². The summed E-state index contributed by atoms with van der Waals surface area (Å²) in [6, 6.07) is 25.3. The van der Waals surface area contributed by atoms with Gasteiger partial charge in [0.25, 0.3) is 0 Å². The number of H-pyrrole nitrogens is 1. The molecule has 4 nitrogen and oxygen atoms in total. The summed E-state index contributed by atoms with van der Waals surface area (Å²) in [5, 5.41) is 15.4. The minimum absolute atomic E-state index is 0.348. The summed E-state index contributed by atoms with van der Waals surface area (Å²) in [4.78, 5) is 16.5. The van der Waals surface area contributed by atoms with Gasteiger partial charge in [-0.15, -0.1) is 0 Å². The number of benzene rings is 3. The summed E-state index contributed by atoms with van der Waals surface area (Å²) in [5.41, 5.74) is 3.34. The summed E-state index contributed by atoms with van der Waals surface area (Å²) >= 11 is 0. The van der Waals surface area contributed by atoms with E-state index in [-0.39, 0.29) is 5.78 Å². The van der Waals surface area contributed by atoms with Crippen molar-refractivity contribution in [1.82, 2.24) is 10.3 Å². The molecule has 0 amide bonds. The minimum atomic E-state index is -1.75. The highest BCUT2D eigenvalue weighted by atomic mass is 16.3. The molecule has 0 aliphatic carbocycles. The molecule has 0 saturated heterocycles. The molecule has 4 aromatic rings. The van der Waals surface area contributed by atoms with E-state index in [0.717, 1.165) is 34.0 Å². The van der Waals surface area contributed by atoms with Crippen molar-refractivity contribution in [3.63, 3.8) is 0 Å². The van der Waals surface area contributed by atoms with Crippen molar-refractivity contribution in [2.45, 2.75) is 12.1 Å². The monoisotopic (exact) mass is 368 g/mol. The maximum Gasteiger partial charge on any atom is 0.222 e. The third-order valence-corrected chi connectivity index (χ3v) is 5.51. The van der Waals surface area contributed by atoms with Gasteiger partial charge in [-0.25, -0.2) is 0 Å². The lowest BCUT2D eigenvalue weighted by Crippen LogP contribution is -2.53. The molecule has 3 N–H and O–H groups in total. The zero-order valence-corrected chi connectivity index (χ0v) is 15.3. The fourth-order valence-electron chi connectivity index (χ4n) is 4.07. The van der Waals surface area contributed by atoms with Crippen LogP contribution in [-0.4, -0.2) is 22.4 Å². The number of para-hydroxylation sites is 1. The number of ketones is 1. The van der Waals surface area contributed by atoms with Crippen LogP contribution >= 0.6 is 0 Å². The molecule has 0 bridgehead atoms. The maximum atomic E-state index is 13.3. The maximum absolute atomic E-state index is 13.3. The molecule has 0 saturated carbocycles. The highest BCUT2D eigenvalue weighted by molar-refractivity contribution is 6.04. The first-order valence-electron chi connectivity index (χ1n) is 9.44. The van der Waals surface area contributed by atoms with Crippen LogP contribution in [-0.2, 0) is 12.1 Å². The Morgan fingerprint density at radius 1 is 0.857 bits per heavy atom. The number of carbonyl (C=O) groups excluding carboxylic acids is 1. The first-order chi connectivity index (χ1) is 13.7. The summed E-state index contributed by atoms with van der Waals surface area (Å²) in [6.07, 6.45) is 0.766. The van der Waals surface area contributed by atoms with Gasteiger partial charge in [-0.2, -0.15) is 0 Å². The van der Waals surface area contributed by atoms with Gasteiger partial charge in [0.2, 0.25) is 11.5 Å². The molecule has 3 aromatic carbocycles. The Balaban J connectivity index is 1.54. The van der Waals surface area contributed by atoms with Crippen LogP contribution in [0, 0.1) is 0 Å². The fraction of sp³-hybridized carbons (Fsp3) is 0.125. The normalized spacial score (nSPS) is 18.8. The SMILES string of the molecule is O=C(c1ccc(-c2ccccc2)cc1)C1(O)NCCc2c1[nH]c1ccccc21. The van der Waals surface area contributed by atoms with Gasteiger partial charge in [0.05, 0.1) is 5.69 Å². The van der Waals surface area contributed by atoms with Crippen LogP contribution in [0.2, 0.25) is 0 Å². The molecule has 28 heavy (non-hydrogen) atoms. The van der Waals surface area contributed by atoms with Gasteiger partial charge in [-0.05, 0) is 29.2 Å². The standard InChI is InChI=1S/C24H20N2O2/c27-23(18-12-10-17(11-13-18)16-6-2-1-3-7-16)24(28)22-20(14-15-25-24)19-8-4-5-9-21(19)26-22/h1-13,25-26,28H,14-15H2. The van der Waals surface area contributed by atoms with Crippen molar-refractivity contribution >= 4 is 16.7 Å². The predicted octanol–water partition coefficient (Wildman–Crippen LogP) is 4.01. The Bertz CT molecular complexity index is 1160. The van der Waals surface area contributed by atoms with Crippen molar-refractivity contribution in [3.8, 4) is 11.1 Å². The molecule has 1 unspecified atom stereocenters. The molecular formula is C24H20N2O2. The van der Waals surface area contributed by atoms with Gasteiger partial charge < -0.3 is 10.1 Å². The molecule has 2 heterocycles. The number of aromatic amines is 1. The van der Waals surface area contributed by atoms with E-state index < -0.39 is 5.72 Å². The van der Waals surface area contributed by atoms with Crippen molar-refractivity contribution < 1.29 is 9.90 Å². The molecule has 0 radical (unpaired) electrons. The number of hydrogen-bond donors (Lipinski definition) is 3. The lowest BCUT2D eigenvalue weighted by Gasteiger charge is -2.32. The van der Waals surface area contributed by atoms with E-state index in [9.17, 15) is 9.90 Å². The Hall–Kier alpha value is -3.21. The Morgan fingerprint density at radius 3 is 2.32 bits per heavy atom. The second-order valence-electron chi connectivity index (χ2n) is 7.18. The lowest BCUT2D eigenvalue weighted by molar-refractivity contribution is 0.00373. The molecule has 5 rings (SSSR count). The Labute approximate surface area is 162 Å². The third-order valence-electron chi connectivity index (χ3n) is 5.51. The van der Waals surface area contributed by atoms with Gasteiger partial charge >= 0.3 is 0 Å². The number of nitrogens with one attached hydrogen (secondary N) is 2. The van der Waals surface area contributed by atoms with Crippen LogP contribution < -0.4 is 5.32 Å². The largest absolute Gasteiger partial charge is 0.364 e. The zero-order chi connectivity index (χ0) is 19.1. The van der Waals surface area contributed by atoms with Gasteiger partial charge in [0.1, 0.15) is 0 Å². The van der Waals surface area contributed by atoms with E-state index in [4.69, 9.17) is 0 Å². The molecule has 0 fully saturated rings. The van der Waals surface area contributed by atoms with Gasteiger partial charge in [0.15, 0.2) is 0 Å². The number of rotatable bonds is 3. The first-order valence-corrected chi connectivity index (χ1v) is 9.44. The second kappa shape index (κ2) is 6.44. The van der Waals surface area contributed by atoms with Crippen molar-refractivity contribution in [2.75, 3.05) is 6.54 Å². The van der Waals surface area contributed by atoms with Crippen LogP contribution in [0.4, 0.5) is 0 Å². The van der Waals surface area contributed by atoms with Crippen LogP contribution in [0.1, 0.15) is 21.6 Å². The number of hydrogen-bond acceptors (Lipinski definition) is 3. The van der Waals surface area contributed by atoms with Crippen molar-refractivity contribution in [1.29, 1.82) is 0 Å². The first kappa shape index (κ1) is 16.9. The van der Waals surface area contributed by atoms with Crippen molar-refractivity contribution in [3.05, 3.63) is 95.7 Å². The number of aromatic nitrogens is 1. The molecule has 1 aliphatic rings. The number of aliphatic hydroxyl groups is 1. The van der Waals surface area contributed by atoms with Crippen LogP contribution in [0.5, 0.6) is 0 Å². The van der Waals surface area contributed by atoms with E-state index >= 15 is 0 Å². The summed E-state index contributed by atoms with van der Waals surface area (Å²) in [5.74, 6) is -0.348. The molecule has 1 atom stereocenters. The molecular weight excluding hydrogens is 348 g/mol. The fourth-order valence-corrected chi connectivity index (χ4v) is 4.07. The number of carbonyl (C=O) groups is 1. The number of fused-ring (bicyclic) bond motifs is 3. The van der Waals surface area contributed by atoms with Crippen LogP contribution in [0.15, 0.2) is 78.9 Å². The van der Waals surface area contributed by atoms with E-state index in [0.29, 0.717) is 17.8 Å². The predicted molar refractivity (Wildman–Crippen MR) is 110 cm³/mol. The van der Waals surface area contributed by atoms with Gasteiger partial charge in [-0.3, -0.25) is 10.1 Å². The summed E-state index contributed by atoms with van der Waals surface area (Å²) in [6.45, 7) is 0.541. The Kier molecular flexibility index (Phi) is 3.90. The third kappa shape index (κ3) is 2.58. The van der Waals surface area contributed by atoms with E-state index in [1.54, 1.807) is 12.1 Å². The van der Waals surface area contributed by atoms with Crippen molar-refractivity contribution in [2.24, 2.45) is 0 Å². The number of Topliss-reactive ketones (excluding diaryl/α,β-unsaturated/α-hetero) is 1. The summed E-state index contributed by atoms with van der Waals surface area (Å²) in [7, 11) is 0. The molecule has 0 spiro atoms. The van der Waals surface area contributed by atoms with E-state index in [1.807, 2.05) is 66.7 Å². The average molecular weight is 368 g/mol. The van der Waals surface area contributed by atoms with Gasteiger partial charge in [0, 0.05) is 23.0 Å². The smallest absolute Gasteiger partial charge is 0.222 e. The highest BCUT2D eigenvalue weighted by Crippen LogP contribution is 2.34. The second-order valence-corrected chi connectivity index (χ2v) is 7.18. The molecule has 138 valence electrons. The quantitative estimate of drug-likeness (QED) is 0.479. The Morgan fingerprint density at radius 2 is 1.54 bits per heavy atom. The summed E-state index contributed by atoms with van der Waals surface area (Å²) < 4.78 is 0. The molecule has 1 aromatic heterocycles. The zero-order valence-electron chi connectivity index (χ0n) is 15.3. The lowest BCUT2D eigenvalue weighted by atomic mass is 9.89. The van der Waals surface area contributed by atoms with E-state index in [1.165, 1.54) is 0 Å². The van der Waals surface area contributed by atoms with E-state index in [2.05, 4.69) is 10.3 Å². The van der Waals surface area contributed by atoms with Crippen LogP contribution in [0.25, 0.3) is 22.0 Å². The highest BCUT2D eigenvalue weighted by Gasteiger charge is 2.43.